The fraction of sp³-hybridized carbons (Fsp3) is 0.304. The largest absolute Gasteiger partial charge is 0.497 e. The number of benzene rings is 2. The van der Waals surface area contributed by atoms with Crippen LogP contribution < -0.4 is 15.4 Å². The molecule has 0 aliphatic carbocycles. The van der Waals surface area contributed by atoms with E-state index in [1.165, 1.54) is 11.3 Å². The van der Waals surface area contributed by atoms with Gasteiger partial charge in [-0.05, 0) is 55.7 Å². The number of rotatable bonds is 5. The van der Waals surface area contributed by atoms with Crippen LogP contribution in [0.3, 0.4) is 0 Å². The third-order valence-electron chi connectivity index (χ3n) is 5.43. The van der Waals surface area contributed by atoms with Gasteiger partial charge in [0.25, 0.3) is 5.91 Å². The van der Waals surface area contributed by atoms with E-state index in [9.17, 15) is 9.59 Å². The second-order valence-corrected chi connectivity index (χ2v) is 8.67. The Hall–Kier alpha value is -3.46. The number of methoxy groups -OCH3 is 1. The summed E-state index contributed by atoms with van der Waals surface area (Å²) >= 11 is 1.29. The Bertz CT molecular complexity index is 1100. The third-order valence-corrected chi connectivity index (χ3v) is 6.51. The van der Waals surface area contributed by atoms with Gasteiger partial charge in [0.05, 0.1) is 7.11 Å². The smallest absolute Gasteiger partial charge is 0.321 e. The normalized spacial score (nSPS) is 15.8. The van der Waals surface area contributed by atoms with Gasteiger partial charge in [-0.2, -0.15) is 0 Å². The SMILES string of the molecule is COc1ccc(NC(=O)N2CCC[C@@H](c3nnc(C(=O)Nc4ccccc4C)s3)C2)cc1. The van der Waals surface area contributed by atoms with Gasteiger partial charge in [-0.1, -0.05) is 29.5 Å². The molecule has 0 radical (unpaired) electrons. The van der Waals surface area contributed by atoms with Crippen molar-refractivity contribution in [2.24, 2.45) is 0 Å². The van der Waals surface area contributed by atoms with Gasteiger partial charge < -0.3 is 20.3 Å². The van der Waals surface area contributed by atoms with Crippen molar-refractivity contribution < 1.29 is 14.3 Å². The molecule has 1 atom stereocenters. The molecule has 0 saturated carbocycles. The van der Waals surface area contributed by atoms with E-state index < -0.39 is 0 Å². The van der Waals surface area contributed by atoms with Crippen LogP contribution in [0.1, 0.15) is 39.1 Å². The van der Waals surface area contributed by atoms with Crippen LogP contribution in [0.4, 0.5) is 16.2 Å². The van der Waals surface area contributed by atoms with Crippen LogP contribution in [0.5, 0.6) is 5.75 Å². The number of likely N-dealkylation sites (tertiary alicyclic amines) is 1. The molecule has 9 heteroatoms. The molecule has 1 aliphatic heterocycles. The van der Waals surface area contributed by atoms with Gasteiger partial charge in [-0.3, -0.25) is 4.79 Å². The Balaban J connectivity index is 1.38. The van der Waals surface area contributed by atoms with Gasteiger partial charge in [0, 0.05) is 30.4 Å². The van der Waals surface area contributed by atoms with Gasteiger partial charge in [0.1, 0.15) is 10.8 Å². The predicted octanol–water partition coefficient (Wildman–Crippen LogP) is 4.52. The number of carbonyl (C=O) groups excluding carboxylic acids is 2. The molecule has 8 nitrogen and oxygen atoms in total. The summed E-state index contributed by atoms with van der Waals surface area (Å²) in [5.74, 6) is 0.524. The van der Waals surface area contributed by atoms with E-state index in [-0.39, 0.29) is 17.9 Å². The lowest BCUT2D eigenvalue weighted by Crippen LogP contribution is -2.41. The number of piperidine rings is 1. The Morgan fingerprint density at radius 2 is 1.88 bits per heavy atom. The number of urea groups is 1. The maximum Gasteiger partial charge on any atom is 0.321 e. The van der Waals surface area contributed by atoms with Crippen LogP contribution in [0, 0.1) is 6.92 Å². The molecule has 1 saturated heterocycles. The van der Waals surface area contributed by atoms with E-state index in [2.05, 4.69) is 20.8 Å². The minimum atomic E-state index is -0.270. The Morgan fingerprint density at radius 3 is 2.62 bits per heavy atom. The Labute approximate surface area is 190 Å². The number of amides is 3. The lowest BCUT2D eigenvalue weighted by atomic mass is 9.99. The Kier molecular flexibility index (Phi) is 6.65. The molecule has 0 spiro atoms. The number of aromatic nitrogens is 2. The van der Waals surface area contributed by atoms with E-state index in [4.69, 9.17) is 4.74 Å². The standard InChI is InChI=1S/C23H25N5O3S/c1-15-6-3-4-8-19(15)25-20(29)22-27-26-21(32-22)16-7-5-13-28(14-16)23(30)24-17-9-11-18(31-2)12-10-17/h3-4,6,8-12,16H,5,7,13-14H2,1-2H3,(H,24,30)(H,25,29)/t16-/m1/s1. The number of nitrogens with one attached hydrogen (secondary N) is 2. The molecule has 2 aromatic carbocycles. The number of anilines is 2. The molecule has 0 bridgehead atoms. The lowest BCUT2D eigenvalue weighted by Gasteiger charge is -2.31. The molecule has 3 amide bonds. The van der Waals surface area contributed by atoms with Crippen LogP contribution in [0.2, 0.25) is 0 Å². The molecule has 2 heterocycles. The first-order chi connectivity index (χ1) is 15.5. The zero-order chi connectivity index (χ0) is 22.5. The zero-order valence-electron chi connectivity index (χ0n) is 18.0. The number of hydrogen-bond acceptors (Lipinski definition) is 6. The summed E-state index contributed by atoms with van der Waals surface area (Å²) in [5, 5.41) is 15.3. The summed E-state index contributed by atoms with van der Waals surface area (Å²) in [4.78, 5) is 27.1. The number of hydrogen-bond donors (Lipinski definition) is 2. The zero-order valence-corrected chi connectivity index (χ0v) is 18.8. The molecule has 4 rings (SSSR count). The van der Waals surface area contributed by atoms with Crippen molar-refractivity contribution in [2.75, 3.05) is 30.8 Å². The first-order valence-corrected chi connectivity index (χ1v) is 11.3. The molecule has 32 heavy (non-hydrogen) atoms. The summed E-state index contributed by atoms with van der Waals surface area (Å²) in [6.45, 7) is 3.16. The minimum Gasteiger partial charge on any atom is -0.497 e. The molecule has 0 unspecified atom stereocenters. The van der Waals surface area contributed by atoms with Crippen molar-refractivity contribution >= 4 is 34.6 Å². The number of carbonyl (C=O) groups is 2. The molecule has 1 aliphatic rings. The van der Waals surface area contributed by atoms with Crippen LogP contribution in [0.25, 0.3) is 0 Å². The van der Waals surface area contributed by atoms with Gasteiger partial charge >= 0.3 is 6.03 Å². The second-order valence-electron chi connectivity index (χ2n) is 7.66. The summed E-state index contributed by atoms with van der Waals surface area (Å²) < 4.78 is 5.15. The lowest BCUT2D eigenvalue weighted by molar-refractivity contribution is 0.102. The first kappa shape index (κ1) is 21.8. The summed E-state index contributed by atoms with van der Waals surface area (Å²) in [5.41, 5.74) is 2.45. The monoisotopic (exact) mass is 451 g/mol. The topological polar surface area (TPSA) is 96.4 Å². The maximum atomic E-state index is 12.7. The molecule has 1 fully saturated rings. The first-order valence-electron chi connectivity index (χ1n) is 10.4. The average molecular weight is 452 g/mol. The predicted molar refractivity (Wildman–Crippen MR) is 125 cm³/mol. The highest BCUT2D eigenvalue weighted by Crippen LogP contribution is 2.30. The molecule has 3 aromatic rings. The van der Waals surface area contributed by atoms with Gasteiger partial charge in [0.15, 0.2) is 0 Å². The molecule has 166 valence electrons. The van der Waals surface area contributed by atoms with E-state index >= 15 is 0 Å². The van der Waals surface area contributed by atoms with Gasteiger partial charge in [0.2, 0.25) is 5.01 Å². The van der Waals surface area contributed by atoms with E-state index in [1.54, 1.807) is 24.1 Å². The number of ether oxygens (including phenoxy) is 1. The molecular weight excluding hydrogens is 426 g/mol. The van der Waals surface area contributed by atoms with Crippen LogP contribution in [-0.4, -0.2) is 47.2 Å². The second kappa shape index (κ2) is 9.78. The van der Waals surface area contributed by atoms with Crippen molar-refractivity contribution in [1.82, 2.24) is 15.1 Å². The highest BCUT2D eigenvalue weighted by molar-refractivity contribution is 7.13. The van der Waals surface area contributed by atoms with Crippen molar-refractivity contribution in [3.05, 3.63) is 64.1 Å². The van der Waals surface area contributed by atoms with Crippen molar-refractivity contribution in [2.45, 2.75) is 25.7 Å². The molecule has 1 aromatic heterocycles. The highest BCUT2D eigenvalue weighted by Gasteiger charge is 2.28. The fourth-order valence-corrected chi connectivity index (χ4v) is 4.48. The van der Waals surface area contributed by atoms with Gasteiger partial charge in [-0.25, -0.2) is 4.79 Å². The number of para-hydroxylation sites is 1. The quantitative estimate of drug-likeness (QED) is 0.595. The number of nitrogens with zero attached hydrogens (tertiary/aromatic N) is 3. The minimum absolute atomic E-state index is 0.0582. The maximum absolute atomic E-state index is 12.7. The summed E-state index contributed by atoms with van der Waals surface area (Å²) in [6.07, 6.45) is 1.77. The van der Waals surface area contributed by atoms with E-state index in [0.717, 1.165) is 34.8 Å². The Morgan fingerprint density at radius 1 is 1.09 bits per heavy atom. The highest BCUT2D eigenvalue weighted by atomic mass is 32.1. The van der Waals surface area contributed by atoms with E-state index in [0.29, 0.717) is 23.8 Å². The fourth-order valence-electron chi connectivity index (χ4n) is 3.62. The van der Waals surface area contributed by atoms with Crippen molar-refractivity contribution in [3.8, 4) is 5.75 Å². The summed E-state index contributed by atoms with van der Waals surface area (Å²) in [7, 11) is 1.60. The van der Waals surface area contributed by atoms with Crippen LogP contribution in [0.15, 0.2) is 48.5 Å². The van der Waals surface area contributed by atoms with Crippen molar-refractivity contribution in [1.29, 1.82) is 0 Å². The van der Waals surface area contributed by atoms with E-state index in [1.807, 2.05) is 43.3 Å². The summed E-state index contributed by atoms with van der Waals surface area (Å²) in [6, 6.07) is 14.7. The van der Waals surface area contributed by atoms with Crippen LogP contribution >= 0.6 is 11.3 Å². The number of aryl methyl sites for hydroxylation is 1. The third kappa shape index (κ3) is 5.05. The molecular formula is C23H25N5O3S. The van der Waals surface area contributed by atoms with Crippen molar-refractivity contribution in [3.63, 3.8) is 0 Å². The van der Waals surface area contributed by atoms with Gasteiger partial charge in [-0.15, -0.1) is 10.2 Å². The molecule has 2 N–H and O–H groups in total. The average Bonchev–Trinajstić information content (AvgIpc) is 3.32. The van der Waals surface area contributed by atoms with Crippen LogP contribution in [-0.2, 0) is 0 Å².